The number of thiazole rings is 1. The molecule has 0 amide bonds. The lowest BCUT2D eigenvalue weighted by molar-refractivity contribution is 0.0747. The number of aromatic nitrogens is 1. The first kappa shape index (κ1) is 24.2. The van der Waals surface area contributed by atoms with Gasteiger partial charge in [-0.25, -0.2) is 4.98 Å². The molecule has 1 aromatic heterocycles. The molecular formula is C30H36N2O2S. The molecule has 0 radical (unpaired) electrons. The number of ketones is 1. The Morgan fingerprint density at radius 1 is 1.09 bits per heavy atom. The fraction of sp³-hybridized carbons (Fsp3) is 0.467. The number of hydrogen-bond donors (Lipinski definition) is 1. The topological polar surface area (TPSA) is 53.4 Å². The quantitative estimate of drug-likeness (QED) is 0.356. The molecule has 35 heavy (non-hydrogen) atoms. The van der Waals surface area contributed by atoms with E-state index >= 15 is 0 Å². The minimum absolute atomic E-state index is 0.0890. The highest BCUT2D eigenvalue weighted by Gasteiger charge is 2.41. The maximum absolute atomic E-state index is 12.8. The Morgan fingerprint density at radius 3 is 2.40 bits per heavy atom. The number of fused-ring (bicyclic) bond motifs is 1. The Hall–Kier alpha value is -2.50. The summed E-state index contributed by atoms with van der Waals surface area (Å²) in [7, 11) is 0. The van der Waals surface area contributed by atoms with Gasteiger partial charge in [0.05, 0.1) is 5.69 Å². The van der Waals surface area contributed by atoms with Crippen molar-refractivity contribution in [1.82, 2.24) is 4.98 Å². The van der Waals surface area contributed by atoms with E-state index in [2.05, 4.69) is 45.6 Å². The van der Waals surface area contributed by atoms with Gasteiger partial charge in [-0.1, -0.05) is 70.2 Å². The Kier molecular flexibility index (Phi) is 6.13. The fourth-order valence-corrected chi connectivity index (χ4v) is 6.50. The Bertz CT molecular complexity index is 1210. The summed E-state index contributed by atoms with van der Waals surface area (Å²) in [4.78, 5) is 21.9. The number of hydrogen-bond acceptors (Lipinski definition) is 5. The first-order valence-electron chi connectivity index (χ1n) is 12.7. The lowest BCUT2D eigenvalue weighted by Crippen LogP contribution is -2.32. The molecule has 4 nitrogen and oxygen atoms in total. The molecule has 1 saturated carbocycles. The van der Waals surface area contributed by atoms with E-state index < -0.39 is 6.10 Å². The summed E-state index contributed by atoms with van der Waals surface area (Å²) >= 11 is 1.85. The van der Waals surface area contributed by atoms with Crippen molar-refractivity contribution in [3.63, 3.8) is 0 Å². The molecule has 5 rings (SSSR count). The Labute approximate surface area is 213 Å². The molecule has 1 N–H and O–H groups in total. The van der Waals surface area contributed by atoms with Crippen LogP contribution < -0.4 is 4.90 Å². The molecule has 2 aromatic carbocycles. The first-order chi connectivity index (χ1) is 16.6. The van der Waals surface area contributed by atoms with E-state index in [9.17, 15) is 9.90 Å². The second-order valence-electron chi connectivity index (χ2n) is 11.7. The van der Waals surface area contributed by atoms with Crippen molar-refractivity contribution in [3.8, 4) is 0 Å². The van der Waals surface area contributed by atoms with Crippen LogP contribution in [-0.2, 0) is 10.8 Å². The maximum atomic E-state index is 12.8. The van der Waals surface area contributed by atoms with E-state index in [0.717, 1.165) is 29.3 Å². The number of rotatable bonds is 7. The number of benzene rings is 2. The molecule has 0 bridgehead atoms. The monoisotopic (exact) mass is 488 g/mol. The van der Waals surface area contributed by atoms with Crippen LogP contribution in [0.2, 0.25) is 0 Å². The van der Waals surface area contributed by atoms with Crippen LogP contribution in [0.4, 0.5) is 10.8 Å². The minimum Gasteiger partial charge on any atom is -0.380 e. The van der Waals surface area contributed by atoms with Crippen molar-refractivity contribution in [1.29, 1.82) is 0 Å². The zero-order chi connectivity index (χ0) is 25.0. The third-order valence-electron chi connectivity index (χ3n) is 7.75. The van der Waals surface area contributed by atoms with Crippen LogP contribution in [0, 0.1) is 12.8 Å². The van der Waals surface area contributed by atoms with Gasteiger partial charge in [-0.2, -0.15) is 0 Å². The fourth-order valence-electron chi connectivity index (χ4n) is 5.10. The second kappa shape index (κ2) is 8.86. The lowest BCUT2D eigenvalue weighted by atomic mass is 9.69. The van der Waals surface area contributed by atoms with Gasteiger partial charge in [-0.15, -0.1) is 11.3 Å². The van der Waals surface area contributed by atoms with Crippen molar-refractivity contribution >= 4 is 27.9 Å². The highest BCUT2D eigenvalue weighted by Crippen LogP contribution is 2.51. The Morgan fingerprint density at radius 2 is 1.77 bits per heavy atom. The van der Waals surface area contributed by atoms with E-state index in [0.29, 0.717) is 17.0 Å². The molecule has 2 aliphatic rings. The molecule has 5 heteroatoms. The predicted octanol–water partition coefficient (Wildman–Crippen LogP) is 7.26. The second-order valence-corrected chi connectivity index (χ2v) is 12.7. The number of carbonyl (C=O) groups excluding carboxylic acids is 1. The molecule has 3 aromatic rings. The maximum Gasteiger partial charge on any atom is 0.195 e. The van der Waals surface area contributed by atoms with Crippen molar-refractivity contribution in [2.45, 2.75) is 77.2 Å². The minimum atomic E-state index is -1.17. The molecule has 0 saturated heterocycles. The van der Waals surface area contributed by atoms with Gasteiger partial charge in [-0.05, 0) is 55.7 Å². The van der Waals surface area contributed by atoms with Crippen LogP contribution in [0.25, 0.3) is 0 Å². The first-order valence-corrected chi connectivity index (χ1v) is 13.6. The molecule has 1 heterocycles. The van der Waals surface area contributed by atoms with Crippen LogP contribution in [0.15, 0.2) is 48.5 Å². The largest absolute Gasteiger partial charge is 0.380 e. The van der Waals surface area contributed by atoms with Gasteiger partial charge in [-0.3, -0.25) is 4.79 Å². The van der Waals surface area contributed by atoms with Crippen molar-refractivity contribution in [2.75, 3.05) is 11.4 Å². The zero-order valence-electron chi connectivity index (χ0n) is 21.5. The summed E-state index contributed by atoms with van der Waals surface area (Å²) in [5, 5.41) is 11.9. The van der Waals surface area contributed by atoms with Crippen molar-refractivity contribution in [2.24, 2.45) is 5.92 Å². The number of nitrogens with zero attached hydrogens (tertiary/aromatic N) is 2. The zero-order valence-corrected chi connectivity index (χ0v) is 22.3. The summed E-state index contributed by atoms with van der Waals surface area (Å²) in [6.07, 6.45) is 3.69. The van der Waals surface area contributed by atoms with Gasteiger partial charge in [0, 0.05) is 33.5 Å². The number of anilines is 2. The summed E-state index contributed by atoms with van der Waals surface area (Å²) in [6.45, 7) is 12.4. The average molecular weight is 489 g/mol. The summed E-state index contributed by atoms with van der Waals surface area (Å²) in [5.74, 6) is 0.422. The van der Waals surface area contributed by atoms with Crippen LogP contribution in [0.1, 0.15) is 91.5 Å². The van der Waals surface area contributed by atoms with Crippen LogP contribution >= 0.6 is 11.3 Å². The molecule has 0 aliphatic heterocycles. The van der Waals surface area contributed by atoms with Crippen molar-refractivity contribution < 1.29 is 9.90 Å². The van der Waals surface area contributed by atoms with E-state index in [1.165, 1.54) is 29.8 Å². The average Bonchev–Trinajstić information content (AvgIpc) is 3.53. The molecular weight excluding hydrogens is 452 g/mol. The molecule has 184 valence electrons. The predicted molar refractivity (Wildman–Crippen MR) is 144 cm³/mol. The lowest BCUT2D eigenvalue weighted by Gasteiger charge is -2.37. The summed E-state index contributed by atoms with van der Waals surface area (Å²) < 4.78 is 0. The van der Waals surface area contributed by atoms with Gasteiger partial charge >= 0.3 is 0 Å². The summed E-state index contributed by atoms with van der Waals surface area (Å²) in [5.41, 5.74) is 4.81. The third kappa shape index (κ3) is 4.68. The summed E-state index contributed by atoms with van der Waals surface area (Å²) in [6, 6.07) is 14.9. The van der Waals surface area contributed by atoms with Gasteiger partial charge in [0.15, 0.2) is 10.9 Å². The molecule has 1 unspecified atom stereocenters. The Balaban J connectivity index is 1.49. The van der Waals surface area contributed by atoms with Gasteiger partial charge in [0.25, 0.3) is 0 Å². The van der Waals surface area contributed by atoms with Crippen LogP contribution in [-0.4, -0.2) is 22.4 Å². The van der Waals surface area contributed by atoms with E-state index in [-0.39, 0.29) is 16.6 Å². The normalized spacial score (nSPS) is 19.1. The molecule has 0 spiro atoms. The van der Waals surface area contributed by atoms with E-state index in [4.69, 9.17) is 4.98 Å². The number of aliphatic hydroxyl groups is 1. The van der Waals surface area contributed by atoms with E-state index in [1.54, 1.807) is 12.1 Å². The van der Waals surface area contributed by atoms with E-state index in [1.807, 2.05) is 41.7 Å². The molecule has 2 aliphatic carbocycles. The van der Waals surface area contributed by atoms with Gasteiger partial charge in [0.2, 0.25) is 0 Å². The molecule has 1 fully saturated rings. The van der Waals surface area contributed by atoms with Crippen LogP contribution in [0.3, 0.4) is 0 Å². The van der Waals surface area contributed by atoms with Crippen LogP contribution in [0.5, 0.6) is 0 Å². The van der Waals surface area contributed by atoms with Gasteiger partial charge in [0.1, 0.15) is 6.10 Å². The number of aryl methyl sites for hydroxylation is 1. The smallest absolute Gasteiger partial charge is 0.195 e. The molecule has 1 atom stereocenters. The van der Waals surface area contributed by atoms with Gasteiger partial charge < -0.3 is 10.0 Å². The third-order valence-corrected chi connectivity index (χ3v) is 9.19. The number of aliphatic hydroxyl groups excluding tert-OH is 1. The highest BCUT2D eigenvalue weighted by molar-refractivity contribution is 7.16. The number of carbonyl (C=O) groups is 1. The SMILES string of the molecule is Cc1cc(C(O)C(=O)c2ccccc2)ccc1N(CC1CC1)c1nc2c(s1)C(C)(C)CCC2(C)C. The number of Topliss-reactive ketones (excluding diaryl/α,β-unsaturated/α-hetero) is 1. The van der Waals surface area contributed by atoms with Crippen molar-refractivity contribution in [3.05, 3.63) is 75.8 Å². The standard InChI is InChI=1S/C30H36N2O2S/c1-19-17-22(25(34)24(33)21-9-7-6-8-10-21)13-14-23(19)32(18-20-11-12-20)28-31-26-27(35-28)30(4,5)16-15-29(26,2)3/h6-10,13-14,17,20,25,34H,11-12,15-16,18H2,1-5H3. The highest BCUT2D eigenvalue weighted by atomic mass is 32.1.